The van der Waals surface area contributed by atoms with Crippen LogP contribution in [0.5, 0.6) is 11.5 Å². The van der Waals surface area contributed by atoms with Crippen LogP contribution in [0.1, 0.15) is 110 Å². The molecule has 0 saturated heterocycles. The normalized spacial score (nSPS) is 20.4. The first-order valence-electron chi connectivity index (χ1n) is 12.4. The van der Waals surface area contributed by atoms with Gasteiger partial charge in [-0.2, -0.15) is 0 Å². The van der Waals surface area contributed by atoms with Gasteiger partial charge in [-0.15, -0.1) is 0 Å². The lowest BCUT2D eigenvalue weighted by molar-refractivity contribution is 0.0510. The largest absolute Gasteiger partial charge is 0.506 e. The van der Waals surface area contributed by atoms with Crippen LogP contribution in [0.4, 0.5) is 0 Å². The Labute approximate surface area is 219 Å². The second-order valence-electron chi connectivity index (χ2n) is 10.8. The summed E-state index contributed by atoms with van der Waals surface area (Å²) in [6.45, 7) is 13.9. The van der Waals surface area contributed by atoms with Crippen LogP contribution in [0, 0.1) is 31.8 Å². The average molecular weight is 654 g/mol. The molecule has 0 saturated carbocycles. The second kappa shape index (κ2) is 12.7. The van der Waals surface area contributed by atoms with Gasteiger partial charge in [0, 0.05) is 11.1 Å². The zero-order valence-corrected chi connectivity index (χ0v) is 24.9. The minimum Gasteiger partial charge on any atom is -0.506 e. The first-order valence-corrected chi connectivity index (χ1v) is 14.6. The summed E-state index contributed by atoms with van der Waals surface area (Å²) in [5.41, 5.74) is 2.21. The fourth-order valence-electron chi connectivity index (χ4n) is 4.87. The van der Waals surface area contributed by atoms with Crippen LogP contribution in [-0.2, 0) is 6.42 Å². The Balaban J connectivity index is 1.74. The van der Waals surface area contributed by atoms with E-state index in [4.69, 9.17) is 4.74 Å². The van der Waals surface area contributed by atoms with E-state index in [1.807, 2.05) is 0 Å². The summed E-state index contributed by atoms with van der Waals surface area (Å²) in [6.07, 6.45) is 14.0. The Hall–Kier alpha value is 0.280. The zero-order chi connectivity index (χ0) is 23.2. The fraction of sp³-hybridized carbons (Fsp3) is 0.778. The van der Waals surface area contributed by atoms with Gasteiger partial charge in [0.05, 0.1) is 7.14 Å². The summed E-state index contributed by atoms with van der Waals surface area (Å²) >= 11 is 4.51. The summed E-state index contributed by atoms with van der Waals surface area (Å²) in [6, 6.07) is 0. The topological polar surface area (TPSA) is 29.5 Å². The maximum atomic E-state index is 10.4. The molecular formula is C27H44I2O2. The smallest absolute Gasteiger partial charge is 0.143 e. The molecule has 3 atom stereocenters. The number of halogens is 2. The third-order valence-corrected chi connectivity index (χ3v) is 9.63. The molecule has 1 N–H and O–H groups in total. The van der Waals surface area contributed by atoms with Gasteiger partial charge in [0.25, 0.3) is 0 Å². The van der Waals surface area contributed by atoms with E-state index >= 15 is 0 Å². The van der Waals surface area contributed by atoms with E-state index in [1.165, 1.54) is 56.9 Å². The van der Waals surface area contributed by atoms with E-state index in [2.05, 4.69) is 86.7 Å². The van der Waals surface area contributed by atoms with Gasteiger partial charge in [-0.3, -0.25) is 0 Å². The first kappa shape index (κ1) is 27.5. The average Bonchev–Trinajstić information content (AvgIpc) is 2.70. The molecule has 178 valence electrons. The molecule has 0 aromatic heterocycles. The van der Waals surface area contributed by atoms with E-state index < -0.39 is 0 Å². The van der Waals surface area contributed by atoms with Crippen molar-refractivity contribution < 1.29 is 9.84 Å². The van der Waals surface area contributed by atoms with Crippen molar-refractivity contribution in [3.8, 4) is 11.5 Å². The fourth-order valence-corrected chi connectivity index (χ4v) is 6.68. The van der Waals surface area contributed by atoms with Gasteiger partial charge in [-0.05, 0) is 102 Å². The SMILES string of the molecule is Cc1c(I)c(O)c(I)c2c1OC(C)(CCCC(C)CCCC(C)CCCC(C)C)CC2. The molecule has 1 aromatic carbocycles. The molecular weight excluding hydrogens is 610 g/mol. The van der Waals surface area contributed by atoms with Crippen molar-refractivity contribution in [2.24, 2.45) is 17.8 Å². The number of fused-ring (bicyclic) bond motifs is 1. The van der Waals surface area contributed by atoms with Crippen LogP contribution in [-0.4, -0.2) is 10.7 Å². The highest BCUT2D eigenvalue weighted by atomic mass is 127. The lowest BCUT2D eigenvalue weighted by Crippen LogP contribution is -2.37. The molecule has 2 rings (SSSR count). The van der Waals surface area contributed by atoms with Crippen molar-refractivity contribution in [3.05, 3.63) is 18.3 Å². The standard InChI is InChI=1S/C27H44I2O2/c1-18(2)10-7-11-19(3)12-8-13-20(4)14-9-16-27(6)17-15-22-24(29)25(30)23(28)21(5)26(22)31-27/h18-20,30H,7-17H2,1-6H3. The monoisotopic (exact) mass is 654 g/mol. The summed E-state index contributed by atoms with van der Waals surface area (Å²) < 4.78 is 8.49. The molecule has 1 heterocycles. The highest BCUT2D eigenvalue weighted by Crippen LogP contribution is 2.45. The zero-order valence-electron chi connectivity index (χ0n) is 20.6. The third kappa shape index (κ3) is 8.22. The molecule has 1 aliphatic rings. The number of rotatable bonds is 12. The number of aromatic hydroxyl groups is 1. The van der Waals surface area contributed by atoms with Crippen molar-refractivity contribution in [1.29, 1.82) is 0 Å². The molecule has 2 nitrogen and oxygen atoms in total. The minimum absolute atomic E-state index is 0.0778. The van der Waals surface area contributed by atoms with E-state index in [-0.39, 0.29) is 5.60 Å². The van der Waals surface area contributed by atoms with Crippen LogP contribution in [0.3, 0.4) is 0 Å². The Bertz CT molecular complexity index is 716. The van der Waals surface area contributed by atoms with E-state index in [0.29, 0.717) is 5.75 Å². The molecule has 0 aliphatic carbocycles. The summed E-state index contributed by atoms with van der Waals surface area (Å²) in [4.78, 5) is 0. The second-order valence-corrected chi connectivity index (χ2v) is 13.0. The van der Waals surface area contributed by atoms with E-state index in [0.717, 1.165) is 55.5 Å². The van der Waals surface area contributed by atoms with Crippen molar-refractivity contribution >= 4 is 45.2 Å². The molecule has 0 bridgehead atoms. The van der Waals surface area contributed by atoms with Gasteiger partial charge in [0.15, 0.2) is 0 Å². The summed E-state index contributed by atoms with van der Waals surface area (Å²) in [7, 11) is 0. The Morgan fingerprint density at radius 1 is 0.903 bits per heavy atom. The molecule has 1 aromatic rings. The number of phenolic OH excluding ortho intramolecular Hbond substituents is 1. The first-order chi connectivity index (χ1) is 14.5. The van der Waals surface area contributed by atoms with Crippen LogP contribution >= 0.6 is 45.2 Å². The van der Waals surface area contributed by atoms with Crippen molar-refractivity contribution in [2.75, 3.05) is 0 Å². The Kier molecular flexibility index (Phi) is 11.2. The van der Waals surface area contributed by atoms with Crippen molar-refractivity contribution in [2.45, 2.75) is 118 Å². The number of phenols is 1. The van der Waals surface area contributed by atoms with Gasteiger partial charge in [0.2, 0.25) is 0 Å². The molecule has 4 heteroatoms. The molecule has 0 radical (unpaired) electrons. The third-order valence-electron chi connectivity index (χ3n) is 7.15. The van der Waals surface area contributed by atoms with Crippen LogP contribution < -0.4 is 4.74 Å². The molecule has 31 heavy (non-hydrogen) atoms. The number of hydrogen-bond donors (Lipinski definition) is 1. The van der Waals surface area contributed by atoms with Gasteiger partial charge in [0.1, 0.15) is 17.1 Å². The number of benzene rings is 1. The van der Waals surface area contributed by atoms with E-state index in [1.54, 1.807) is 0 Å². The summed E-state index contributed by atoms with van der Waals surface area (Å²) in [5.74, 6) is 3.99. The van der Waals surface area contributed by atoms with Crippen LogP contribution in [0.15, 0.2) is 0 Å². The highest BCUT2D eigenvalue weighted by molar-refractivity contribution is 14.1. The van der Waals surface area contributed by atoms with Crippen molar-refractivity contribution in [3.63, 3.8) is 0 Å². The van der Waals surface area contributed by atoms with Crippen LogP contribution in [0.2, 0.25) is 0 Å². The predicted molar refractivity (Wildman–Crippen MR) is 150 cm³/mol. The lowest BCUT2D eigenvalue weighted by atomic mass is 9.85. The van der Waals surface area contributed by atoms with Gasteiger partial charge in [-0.25, -0.2) is 0 Å². The van der Waals surface area contributed by atoms with Crippen LogP contribution in [0.25, 0.3) is 0 Å². The van der Waals surface area contributed by atoms with Crippen molar-refractivity contribution in [1.82, 2.24) is 0 Å². The number of ether oxygens (including phenoxy) is 1. The van der Waals surface area contributed by atoms with Gasteiger partial charge < -0.3 is 9.84 Å². The molecule has 0 fully saturated rings. The highest BCUT2D eigenvalue weighted by Gasteiger charge is 2.34. The molecule has 0 spiro atoms. The molecule has 0 amide bonds. The molecule has 3 unspecified atom stereocenters. The minimum atomic E-state index is -0.0778. The number of hydrogen-bond acceptors (Lipinski definition) is 2. The lowest BCUT2D eigenvalue weighted by Gasteiger charge is -2.38. The molecule has 1 aliphatic heterocycles. The maximum Gasteiger partial charge on any atom is 0.143 e. The summed E-state index contributed by atoms with van der Waals surface area (Å²) in [5, 5.41) is 10.4. The Morgan fingerprint density at radius 3 is 2.03 bits per heavy atom. The van der Waals surface area contributed by atoms with Gasteiger partial charge in [-0.1, -0.05) is 72.6 Å². The van der Waals surface area contributed by atoms with E-state index in [9.17, 15) is 5.11 Å². The maximum absolute atomic E-state index is 10.4. The Morgan fingerprint density at radius 2 is 1.45 bits per heavy atom. The van der Waals surface area contributed by atoms with Gasteiger partial charge >= 0.3 is 0 Å². The quantitative estimate of drug-likeness (QED) is 0.228. The predicted octanol–water partition coefficient (Wildman–Crippen LogP) is 9.43.